The first-order valence-electron chi connectivity index (χ1n) is 16.0. The van der Waals surface area contributed by atoms with Crippen LogP contribution in [0.5, 0.6) is 11.5 Å². The number of rotatable bonds is 18. The van der Waals surface area contributed by atoms with Crippen LogP contribution in [0.1, 0.15) is 43.8 Å². The number of allylic oxidation sites excluding steroid dienone is 1. The minimum absolute atomic E-state index is 0.143. The van der Waals surface area contributed by atoms with E-state index in [1.807, 2.05) is 26.0 Å². The summed E-state index contributed by atoms with van der Waals surface area (Å²) in [6, 6.07) is 7.91. The zero-order chi connectivity index (χ0) is 37.1. The highest BCUT2D eigenvalue weighted by molar-refractivity contribution is 6.03. The second-order valence-electron chi connectivity index (χ2n) is 11.2. The molecule has 0 bridgehead atoms. The number of benzene rings is 2. The number of fused-ring (bicyclic) bond motifs is 1. The van der Waals surface area contributed by atoms with E-state index in [1.54, 1.807) is 39.6 Å². The van der Waals surface area contributed by atoms with Crippen molar-refractivity contribution in [1.82, 2.24) is 24.3 Å². The fourth-order valence-electron chi connectivity index (χ4n) is 5.11. The van der Waals surface area contributed by atoms with Crippen molar-refractivity contribution < 1.29 is 23.9 Å². The Morgan fingerprint density at radius 2 is 1.84 bits per heavy atom. The number of nitrogen functional groups attached to an aromatic ring is 1. The molecule has 0 unspecified atom stereocenters. The highest BCUT2D eigenvalue weighted by Crippen LogP contribution is 2.33. The third-order valence-corrected chi connectivity index (χ3v) is 7.50. The van der Waals surface area contributed by atoms with E-state index in [9.17, 15) is 14.4 Å². The van der Waals surface area contributed by atoms with Gasteiger partial charge in [0.1, 0.15) is 41.3 Å². The number of carbonyl (C=O) groups is 3. The highest BCUT2D eigenvalue weighted by Gasteiger charge is 2.20. The molecule has 0 aliphatic carbocycles. The maximum atomic E-state index is 13.4. The number of aldehydes is 1. The molecular formula is C34H44N12O5. The molecule has 0 fully saturated rings. The molecule has 0 aliphatic heterocycles. The van der Waals surface area contributed by atoms with Gasteiger partial charge in [0.2, 0.25) is 11.9 Å². The number of nitrogens with two attached hydrogens (primary N) is 5. The van der Waals surface area contributed by atoms with Crippen molar-refractivity contribution >= 4 is 46.5 Å². The molecular weight excluding hydrogens is 656 g/mol. The normalized spacial score (nSPS) is 11.7. The molecule has 0 atom stereocenters. The maximum Gasteiger partial charge on any atom is 0.276 e. The number of hydrogen-bond donors (Lipinski definition) is 7. The standard InChI is InChI=1S/C34H44N12O5/c1-4-46-27(13-21(2)43-46)33(49)42-34-41-26-14-22(20-47)15-29(50-3)31(26)45(34)11-6-5-9-40-30-25(37)16-23(32(38)48)17-28(30)51-12-8-7-10-44(39)19-24(36)18-35/h5-8,13-17,19-20,40H,4,9-12,18,35-37,39H2,1-3H3,(H2,38,48)(H,41,42,49)/b6-5+,8-7+,24-19-. The average Bonchev–Trinajstić information content (AvgIpc) is 3.66. The summed E-state index contributed by atoms with van der Waals surface area (Å²) >= 11 is 0. The van der Waals surface area contributed by atoms with Crippen molar-refractivity contribution in [3.05, 3.63) is 89.0 Å². The quantitative estimate of drug-likeness (QED) is 0.0257. The number of amides is 2. The number of nitrogens with one attached hydrogen (secondary N) is 2. The van der Waals surface area contributed by atoms with E-state index < -0.39 is 5.91 Å². The maximum absolute atomic E-state index is 13.4. The van der Waals surface area contributed by atoms with Crippen LogP contribution in [0.2, 0.25) is 0 Å². The minimum Gasteiger partial charge on any atom is -0.494 e. The molecule has 0 aliphatic rings. The molecule has 2 aromatic heterocycles. The predicted molar refractivity (Wildman–Crippen MR) is 196 cm³/mol. The predicted octanol–water partition coefficient (Wildman–Crippen LogP) is 1.85. The third-order valence-electron chi connectivity index (χ3n) is 7.50. The van der Waals surface area contributed by atoms with Gasteiger partial charge in [-0.1, -0.05) is 18.2 Å². The number of imidazole rings is 1. The Balaban J connectivity index is 1.53. The molecule has 2 amide bonds. The van der Waals surface area contributed by atoms with E-state index in [1.165, 1.54) is 30.5 Å². The van der Waals surface area contributed by atoms with Crippen molar-refractivity contribution in [1.29, 1.82) is 0 Å². The van der Waals surface area contributed by atoms with E-state index >= 15 is 0 Å². The molecule has 4 rings (SSSR count). The largest absolute Gasteiger partial charge is 0.494 e. The molecule has 4 aromatic rings. The SMILES string of the molecule is CCn1nc(C)cc1C(=O)Nc1nc2cc(C=O)cc(OC)c2n1C/C=C/CNc1c(N)cc(C(N)=O)cc1OC/C=C/CN(N)/C=C(\N)CN. The van der Waals surface area contributed by atoms with Gasteiger partial charge in [-0.3, -0.25) is 24.4 Å². The van der Waals surface area contributed by atoms with Crippen LogP contribution in [0.3, 0.4) is 0 Å². The summed E-state index contributed by atoms with van der Waals surface area (Å²) in [5.41, 5.74) is 26.9. The van der Waals surface area contributed by atoms with Gasteiger partial charge in [-0.05, 0) is 50.3 Å². The Hall–Kier alpha value is -6.33. The van der Waals surface area contributed by atoms with Gasteiger partial charge in [-0.25, -0.2) is 10.8 Å². The van der Waals surface area contributed by atoms with E-state index in [-0.39, 0.29) is 42.8 Å². The van der Waals surface area contributed by atoms with Gasteiger partial charge >= 0.3 is 0 Å². The van der Waals surface area contributed by atoms with Crippen molar-refractivity contribution in [2.75, 3.05) is 49.7 Å². The highest BCUT2D eigenvalue weighted by atomic mass is 16.5. The number of hydrazine groups is 1. The fourth-order valence-corrected chi connectivity index (χ4v) is 5.11. The van der Waals surface area contributed by atoms with Crippen LogP contribution in [-0.2, 0) is 13.1 Å². The van der Waals surface area contributed by atoms with Gasteiger partial charge in [0, 0.05) is 49.2 Å². The number of carbonyl (C=O) groups excluding carboxylic acids is 3. The van der Waals surface area contributed by atoms with Crippen LogP contribution in [0.25, 0.3) is 11.0 Å². The van der Waals surface area contributed by atoms with Crippen molar-refractivity contribution in [2.45, 2.75) is 26.9 Å². The molecule has 0 spiro atoms. The molecule has 0 radical (unpaired) electrons. The molecule has 2 aromatic carbocycles. The zero-order valence-corrected chi connectivity index (χ0v) is 28.8. The van der Waals surface area contributed by atoms with Crippen LogP contribution in [-0.4, -0.2) is 75.8 Å². The Bertz CT molecular complexity index is 1980. The Kier molecular flexibility index (Phi) is 12.8. The van der Waals surface area contributed by atoms with Gasteiger partial charge in [-0.2, -0.15) is 5.10 Å². The van der Waals surface area contributed by atoms with E-state index in [0.29, 0.717) is 76.8 Å². The molecule has 12 N–H and O–H groups in total. The van der Waals surface area contributed by atoms with E-state index in [2.05, 4.69) is 20.7 Å². The molecule has 17 nitrogen and oxygen atoms in total. The number of hydrogen-bond acceptors (Lipinski definition) is 13. The summed E-state index contributed by atoms with van der Waals surface area (Å²) in [6.07, 6.45) is 9.48. The first-order chi connectivity index (χ1) is 24.5. The van der Waals surface area contributed by atoms with Crippen molar-refractivity contribution in [2.24, 2.45) is 23.0 Å². The first kappa shape index (κ1) is 37.5. The van der Waals surface area contributed by atoms with Crippen LogP contribution in [0.4, 0.5) is 17.3 Å². The summed E-state index contributed by atoms with van der Waals surface area (Å²) in [7, 11) is 1.49. The molecule has 17 heteroatoms. The third kappa shape index (κ3) is 9.43. The number of aryl methyl sites for hydroxylation is 2. The number of primary amides is 1. The van der Waals surface area contributed by atoms with E-state index in [4.69, 9.17) is 38.3 Å². The molecule has 2 heterocycles. The second-order valence-corrected chi connectivity index (χ2v) is 11.2. The van der Waals surface area contributed by atoms with Crippen LogP contribution in [0.15, 0.2) is 66.5 Å². The molecule has 270 valence electrons. The fraction of sp³-hybridized carbons (Fsp3) is 0.265. The minimum atomic E-state index is -0.656. The topological polar surface area (TPSA) is 263 Å². The van der Waals surface area contributed by atoms with Gasteiger partial charge in [0.15, 0.2) is 0 Å². The number of nitrogens with zero attached hydrogens (tertiary/aromatic N) is 5. The Labute approximate surface area is 294 Å². The molecule has 51 heavy (non-hydrogen) atoms. The van der Waals surface area contributed by atoms with Crippen molar-refractivity contribution in [3.63, 3.8) is 0 Å². The zero-order valence-electron chi connectivity index (χ0n) is 28.8. The number of methoxy groups -OCH3 is 1. The number of anilines is 3. The van der Waals surface area contributed by atoms with Crippen LogP contribution in [0, 0.1) is 6.92 Å². The Morgan fingerprint density at radius 3 is 2.53 bits per heavy atom. The number of aromatic nitrogens is 4. The summed E-state index contributed by atoms with van der Waals surface area (Å²) < 4.78 is 14.9. The second kappa shape index (κ2) is 17.4. The summed E-state index contributed by atoms with van der Waals surface area (Å²) in [5.74, 6) is 5.81. The van der Waals surface area contributed by atoms with Crippen LogP contribution >= 0.6 is 0 Å². The van der Waals surface area contributed by atoms with Gasteiger partial charge in [0.05, 0.1) is 30.6 Å². The lowest BCUT2D eigenvalue weighted by Crippen LogP contribution is -2.28. The molecule has 0 saturated heterocycles. The van der Waals surface area contributed by atoms with E-state index in [0.717, 1.165) is 0 Å². The van der Waals surface area contributed by atoms with Crippen molar-refractivity contribution in [3.8, 4) is 11.5 Å². The first-order valence-corrected chi connectivity index (χ1v) is 16.0. The van der Waals surface area contributed by atoms with Gasteiger partial charge in [0.25, 0.3) is 5.91 Å². The van der Waals surface area contributed by atoms with Gasteiger partial charge in [-0.15, -0.1) is 0 Å². The lowest BCUT2D eigenvalue weighted by atomic mass is 10.1. The summed E-state index contributed by atoms with van der Waals surface area (Å²) in [6.45, 7) is 5.48. The van der Waals surface area contributed by atoms with Gasteiger partial charge < -0.3 is 47.3 Å². The monoisotopic (exact) mass is 700 g/mol. The Morgan fingerprint density at radius 1 is 1.06 bits per heavy atom. The average molecular weight is 701 g/mol. The lowest BCUT2D eigenvalue weighted by Gasteiger charge is -2.15. The smallest absolute Gasteiger partial charge is 0.276 e. The lowest BCUT2D eigenvalue weighted by molar-refractivity contribution is 0.0995. The van der Waals surface area contributed by atoms with Crippen LogP contribution < -0.4 is 48.9 Å². The number of ether oxygens (including phenoxy) is 2. The summed E-state index contributed by atoms with van der Waals surface area (Å²) in [4.78, 5) is 41.5. The summed E-state index contributed by atoms with van der Waals surface area (Å²) in [5, 5.41) is 11.9. The molecule has 0 saturated carbocycles.